The first-order chi connectivity index (χ1) is 14.8. The van der Waals surface area contributed by atoms with Crippen LogP contribution in [0.5, 0.6) is 5.75 Å². The van der Waals surface area contributed by atoms with Gasteiger partial charge in [0.15, 0.2) is 5.78 Å². The van der Waals surface area contributed by atoms with Gasteiger partial charge in [0, 0.05) is 17.5 Å². The summed E-state index contributed by atoms with van der Waals surface area (Å²) < 4.78 is 33.8. The molecule has 1 aliphatic heterocycles. The monoisotopic (exact) mass is 421 g/mol. The Balaban J connectivity index is 1.62. The predicted octanol–water partition coefficient (Wildman–Crippen LogP) is 6.12. The summed E-state index contributed by atoms with van der Waals surface area (Å²) >= 11 is 0. The Morgan fingerprint density at radius 1 is 1.10 bits per heavy atom. The van der Waals surface area contributed by atoms with E-state index < -0.39 is 11.6 Å². The first-order valence-corrected chi connectivity index (χ1v) is 10.5. The van der Waals surface area contributed by atoms with Crippen molar-refractivity contribution in [3.8, 4) is 16.9 Å². The van der Waals surface area contributed by atoms with Gasteiger partial charge in [0.2, 0.25) is 0 Å². The van der Waals surface area contributed by atoms with Crippen molar-refractivity contribution in [3.63, 3.8) is 0 Å². The number of Topliss-reactive ketones (excluding diaryl/α,β-unsaturated/α-hetero) is 1. The number of aromatic nitrogens is 1. The molecular weight excluding hydrogens is 396 g/mol. The molecule has 0 aliphatic carbocycles. The van der Waals surface area contributed by atoms with Crippen LogP contribution in [0.1, 0.15) is 54.2 Å². The van der Waals surface area contributed by atoms with Gasteiger partial charge in [-0.3, -0.25) is 9.78 Å². The molecule has 0 spiro atoms. The Hall–Kier alpha value is -3.08. The lowest BCUT2D eigenvalue weighted by molar-refractivity contribution is 0.0847. The molecule has 0 fully saturated rings. The molecule has 1 aromatic heterocycles. The third kappa shape index (κ3) is 4.36. The van der Waals surface area contributed by atoms with Crippen molar-refractivity contribution in [1.82, 2.24) is 4.98 Å². The molecule has 2 heterocycles. The molecule has 3 nitrogen and oxygen atoms in total. The van der Waals surface area contributed by atoms with Crippen LogP contribution in [0, 0.1) is 11.6 Å². The predicted molar refractivity (Wildman–Crippen MR) is 116 cm³/mol. The van der Waals surface area contributed by atoms with Gasteiger partial charge in [-0.1, -0.05) is 37.3 Å². The topological polar surface area (TPSA) is 39.2 Å². The highest BCUT2D eigenvalue weighted by Crippen LogP contribution is 2.38. The minimum absolute atomic E-state index is 0.189. The Kier molecular flexibility index (Phi) is 5.61. The number of hydrogen-bond acceptors (Lipinski definition) is 3. The van der Waals surface area contributed by atoms with E-state index in [9.17, 15) is 13.6 Å². The molecule has 0 saturated heterocycles. The average molecular weight is 421 g/mol. The molecule has 0 N–H and O–H groups in total. The molecule has 2 aromatic carbocycles. The Morgan fingerprint density at radius 3 is 2.42 bits per heavy atom. The molecule has 3 aromatic rings. The lowest BCUT2D eigenvalue weighted by atomic mass is 9.89. The number of halogens is 2. The second-order valence-corrected chi connectivity index (χ2v) is 8.59. The third-order valence-electron chi connectivity index (χ3n) is 5.86. The van der Waals surface area contributed by atoms with E-state index in [0.717, 1.165) is 48.5 Å². The Morgan fingerprint density at radius 2 is 1.77 bits per heavy atom. The van der Waals surface area contributed by atoms with Crippen LogP contribution < -0.4 is 4.74 Å². The molecule has 0 bridgehead atoms. The van der Waals surface area contributed by atoms with Crippen molar-refractivity contribution in [2.75, 3.05) is 0 Å². The maximum atomic E-state index is 13.8. The van der Waals surface area contributed by atoms with Crippen LogP contribution in [0.3, 0.4) is 0 Å². The highest BCUT2D eigenvalue weighted by atomic mass is 19.1. The number of rotatable bonds is 5. The molecular formula is C26H25F2NO2. The SMILES string of the molecule is CCc1cc2c(cc1-c1ccc(C(=O)Cc3c(F)cncc3F)cc1)OC(C)(C)CC2. The number of benzene rings is 2. The zero-order valence-electron chi connectivity index (χ0n) is 18.0. The smallest absolute Gasteiger partial charge is 0.167 e. The van der Waals surface area contributed by atoms with Gasteiger partial charge in [-0.05, 0) is 61.4 Å². The van der Waals surface area contributed by atoms with Gasteiger partial charge in [0.05, 0.1) is 12.4 Å². The van der Waals surface area contributed by atoms with Gasteiger partial charge in [0.25, 0.3) is 0 Å². The number of carbonyl (C=O) groups excluding carboxylic acids is 1. The van der Waals surface area contributed by atoms with Crippen LogP contribution in [-0.2, 0) is 19.3 Å². The number of ether oxygens (including phenoxy) is 1. The Labute approximate surface area is 181 Å². The van der Waals surface area contributed by atoms with Gasteiger partial charge in [-0.25, -0.2) is 8.78 Å². The number of nitrogens with zero attached hydrogens (tertiary/aromatic N) is 1. The van der Waals surface area contributed by atoms with Gasteiger partial charge < -0.3 is 4.74 Å². The number of hydrogen-bond donors (Lipinski definition) is 0. The normalized spacial score (nSPS) is 14.6. The van der Waals surface area contributed by atoms with E-state index in [0.29, 0.717) is 5.56 Å². The third-order valence-corrected chi connectivity index (χ3v) is 5.86. The summed E-state index contributed by atoms with van der Waals surface area (Å²) in [4.78, 5) is 16.0. The summed E-state index contributed by atoms with van der Waals surface area (Å²) in [5.41, 5.74) is 4.47. The van der Waals surface area contributed by atoms with Crippen molar-refractivity contribution < 1.29 is 18.3 Å². The molecule has 0 amide bonds. The first-order valence-electron chi connectivity index (χ1n) is 10.5. The second kappa shape index (κ2) is 8.22. The quantitative estimate of drug-likeness (QED) is 0.466. The highest BCUT2D eigenvalue weighted by Gasteiger charge is 2.27. The fraction of sp³-hybridized carbons (Fsp3) is 0.308. The van der Waals surface area contributed by atoms with Crippen molar-refractivity contribution >= 4 is 5.78 Å². The lowest BCUT2D eigenvalue weighted by Gasteiger charge is -2.33. The summed E-state index contributed by atoms with van der Waals surface area (Å²) in [5, 5.41) is 0. The van der Waals surface area contributed by atoms with Crippen molar-refractivity contribution in [2.24, 2.45) is 0 Å². The first kappa shape index (κ1) is 21.2. The summed E-state index contributed by atoms with van der Waals surface area (Å²) in [5.74, 6) is -1.06. The second-order valence-electron chi connectivity index (χ2n) is 8.59. The number of pyridine rings is 1. The van der Waals surface area contributed by atoms with Crippen LogP contribution in [0.2, 0.25) is 0 Å². The van der Waals surface area contributed by atoms with Gasteiger partial charge >= 0.3 is 0 Å². The molecule has 0 radical (unpaired) electrons. The fourth-order valence-corrected chi connectivity index (χ4v) is 4.02. The number of carbonyl (C=O) groups is 1. The van der Waals surface area contributed by atoms with Crippen LogP contribution in [-0.4, -0.2) is 16.4 Å². The zero-order chi connectivity index (χ0) is 22.2. The van der Waals surface area contributed by atoms with E-state index in [2.05, 4.69) is 37.9 Å². The Bertz CT molecular complexity index is 1120. The largest absolute Gasteiger partial charge is 0.488 e. The maximum absolute atomic E-state index is 13.8. The van der Waals surface area contributed by atoms with E-state index in [4.69, 9.17) is 4.74 Å². The summed E-state index contributed by atoms with van der Waals surface area (Å²) in [7, 11) is 0. The highest BCUT2D eigenvalue weighted by molar-refractivity contribution is 5.98. The summed E-state index contributed by atoms with van der Waals surface area (Å²) in [6.07, 6.45) is 4.35. The molecule has 0 saturated carbocycles. The van der Waals surface area contributed by atoms with E-state index in [1.165, 1.54) is 11.1 Å². The fourth-order valence-electron chi connectivity index (χ4n) is 4.02. The number of aryl methyl sites for hydroxylation is 2. The molecule has 0 unspecified atom stereocenters. The van der Waals surface area contributed by atoms with Crippen molar-refractivity contribution in [3.05, 3.63) is 82.7 Å². The van der Waals surface area contributed by atoms with Crippen molar-refractivity contribution in [2.45, 2.75) is 52.1 Å². The van der Waals surface area contributed by atoms with E-state index in [1.54, 1.807) is 12.1 Å². The molecule has 31 heavy (non-hydrogen) atoms. The van der Waals surface area contributed by atoms with E-state index >= 15 is 0 Å². The van der Waals surface area contributed by atoms with Crippen LogP contribution in [0.4, 0.5) is 8.78 Å². The van der Waals surface area contributed by atoms with Gasteiger partial charge in [-0.2, -0.15) is 0 Å². The summed E-state index contributed by atoms with van der Waals surface area (Å²) in [6, 6.07) is 11.5. The maximum Gasteiger partial charge on any atom is 0.167 e. The minimum atomic E-state index is -0.811. The molecule has 1 aliphatic rings. The van der Waals surface area contributed by atoms with Gasteiger partial charge in [-0.15, -0.1) is 0 Å². The average Bonchev–Trinajstić information content (AvgIpc) is 2.75. The van der Waals surface area contributed by atoms with Gasteiger partial charge in [0.1, 0.15) is 23.0 Å². The molecule has 5 heteroatoms. The van der Waals surface area contributed by atoms with E-state index in [1.807, 2.05) is 12.1 Å². The van der Waals surface area contributed by atoms with Crippen LogP contribution in [0.15, 0.2) is 48.8 Å². The molecule has 0 atom stereocenters. The zero-order valence-corrected chi connectivity index (χ0v) is 18.0. The molecule has 4 rings (SSSR count). The van der Waals surface area contributed by atoms with Crippen LogP contribution in [0.25, 0.3) is 11.1 Å². The minimum Gasteiger partial charge on any atom is -0.488 e. The lowest BCUT2D eigenvalue weighted by Crippen LogP contribution is -2.32. The number of fused-ring (bicyclic) bond motifs is 1. The number of ketones is 1. The standard InChI is InChI=1S/C26H25F2NO2/c1-4-16-11-19-9-10-26(2,3)31-25(19)13-20(16)17-5-7-18(8-6-17)24(30)12-21-22(27)14-29-15-23(21)28/h5-8,11,13-15H,4,9-10,12H2,1-3H3. The van der Waals surface area contributed by atoms with E-state index in [-0.39, 0.29) is 23.4 Å². The summed E-state index contributed by atoms with van der Waals surface area (Å²) in [6.45, 7) is 6.31. The van der Waals surface area contributed by atoms with Crippen LogP contribution >= 0.6 is 0 Å². The van der Waals surface area contributed by atoms with Crippen molar-refractivity contribution in [1.29, 1.82) is 0 Å². The molecule has 160 valence electrons.